The van der Waals surface area contributed by atoms with Gasteiger partial charge in [0.1, 0.15) is 42.2 Å². The summed E-state index contributed by atoms with van der Waals surface area (Å²) in [5.74, 6) is -3.33. The van der Waals surface area contributed by atoms with Crippen LogP contribution in [-0.4, -0.2) is 278 Å². The molecule has 93 heavy (non-hydrogen) atoms. The zero-order valence-corrected chi connectivity index (χ0v) is 55.4. The summed E-state index contributed by atoms with van der Waals surface area (Å²) >= 11 is 0. The maximum atomic E-state index is 13.8. The van der Waals surface area contributed by atoms with Crippen molar-refractivity contribution in [3.05, 3.63) is 0 Å². The second kappa shape index (κ2) is 47.6. The Kier molecular flexibility index (Phi) is 41.2. The number of phosphoric acid groups is 1. The molecule has 0 saturated carbocycles. The second-order valence-electron chi connectivity index (χ2n) is 24.2. The molecule has 0 radical (unpaired) electrons. The molecule has 7 unspecified atom stereocenters. The van der Waals surface area contributed by atoms with Crippen LogP contribution in [0.2, 0.25) is 0 Å². The molecule has 0 aromatic carbocycles. The Hall–Kier alpha value is -3.26. The monoisotopic (exact) mass is 1370 g/mol. The van der Waals surface area contributed by atoms with Crippen LogP contribution < -0.4 is 26.6 Å². The van der Waals surface area contributed by atoms with E-state index in [0.717, 1.165) is 38.5 Å². The summed E-state index contributed by atoms with van der Waals surface area (Å²) in [7, 11) is -4.50. The lowest BCUT2D eigenvalue weighted by atomic mass is 9.92. The topological polar surface area (TPSA) is 477 Å². The molecular weight excluding hydrogens is 1250 g/mol. The number of aliphatic hydroxyl groups excluding tert-OH is 9. The van der Waals surface area contributed by atoms with E-state index in [4.69, 9.17) is 47.0 Å². The number of hydrogen-bond donors (Lipinski definition) is 16. The summed E-state index contributed by atoms with van der Waals surface area (Å²) in [5.41, 5.74) is -1.44. The quantitative estimate of drug-likeness (QED) is 0.0241. The third-order valence-corrected chi connectivity index (χ3v) is 16.8. The smallest absolute Gasteiger partial charge is 0.394 e. The van der Waals surface area contributed by atoms with Crippen LogP contribution in [0.4, 0.5) is 0 Å². The van der Waals surface area contributed by atoms with Gasteiger partial charge >= 0.3 is 7.82 Å². The average molecular weight is 1370 g/mol. The number of rotatable bonds is 53. The van der Waals surface area contributed by atoms with Crippen LogP contribution >= 0.6 is 7.82 Å². The largest absolute Gasteiger partial charge is 0.469 e. The zero-order chi connectivity index (χ0) is 71.3. The predicted octanol–water partition coefficient (Wildman–Crippen LogP) is -1.60. The molecular formula is C60H114N5O27P. The lowest BCUT2D eigenvalue weighted by molar-refractivity contribution is -0.282. The molecule has 0 aliphatic carbocycles. The van der Waals surface area contributed by atoms with Gasteiger partial charge in [-0.05, 0) is 51.4 Å². The SMILES string of the molecule is [3H]OP(=O)(O)OCCCNC(=O)CCCC(=O)NC(COCCC(=O)NCCCCCCO[C@@H]1OC(CO)[C@H](O)[C@H](O)C1C)(COCCC(=O)NCCCCCCO[C@@H]1OC(CO)[C@H](O)[C@H](O)C1C)COCCC(=O)NCCCCCCO[C@@H]1OC(CO)[C@H](O)[C@H](O)C1C.[3H][3H]. The fraction of sp³-hybridized carbons (Fsp3) is 0.917. The van der Waals surface area contributed by atoms with Gasteiger partial charge in [-0.25, -0.2) is 4.57 Å². The molecule has 3 rings (SSSR count). The number of hydrogen-bond acceptors (Lipinski definition) is 26. The van der Waals surface area contributed by atoms with Crippen molar-refractivity contribution in [2.24, 2.45) is 17.8 Å². The number of phosphoric ester groups is 1. The van der Waals surface area contributed by atoms with Gasteiger partial charge in [-0.3, -0.25) is 28.5 Å². The van der Waals surface area contributed by atoms with Crippen molar-refractivity contribution < 1.29 is 134 Å². The highest BCUT2D eigenvalue weighted by Crippen LogP contribution is 2.35. The van der Waals surface area contributed by atoms with Crippen LogP contribution in [0.25, 0.3) is 0 Å². The first-order chi connectivity index (χ1) is 46.0. The minimum Gasteiger partial charge on any atom is -0.394 e. The molecule has 0 aromatic rings. The van der Waals surface area contributed by atoms with E-state index < -0.39 is 137 Å². The molecule has 5 amide bonds. The lowest BCUT2D eigenvalue weighted by Crippen LogP contribution is -2.58. The van der Waals surface area contributed by atoms with E-state index in [0.29, 0.717) is 78.0 Å². The van der Waals surface area contributed by atoms with Crippen LogP contribution in [0.15, 0.2) is 0 Å². The molecule has 33 heteroatoms. The van der Waals surface area contributed by atoms with Gasteiger partial charge < -0.3 is 125 Å². The van der Waals surface area contributed by atoms with Crippen LogP contribution in [0.5, 0.6) is 0 Å². The first kappa shape index (κ1) is 80.4. The highest BCUT2D eigenvalue weighted by atomic mass is 31.2. The number of unbranched alkanes of at least 4 members (excludes halogenated alkanes) is 9. The summed E-state index contributed by atoms with van der Waals surface area (Å²) in [4.78, 5) is 78.1. The molecule has 3 fully saturated rings. The molecule has 3 aliphatic rings. The fourth-order valence-electron chi connectivity index (χ4n) is 10.4. The predicted molar refractivity (Wildman–Crippen MR) is 332 cm³/mol. The molecule has 16 N–H and O–H groups in total. The van der Waals surface area contributed by atoms with E-state index >= 15 is 0 Å². The molecule has 0 bridgehead atoms. The van der Waals surface area contributed by atoms with Gasteiger partial charge in [-0.15, -0.1) is 0 Å². The second-order valence-corrected chi connectivity index (χ2v) is 25.4. The Bertz CT molecular complexity index is 1970. The van der Waals surface area contributed by atoms with E-state index in [9.17, 15) is 79.4 Å². The molecule has 546 valence electrons. The Balaban J connectivity index is 0.0000155. The number of amides is 5. The maximum Gasteiger partial charge on any atom is 0.469 e. The number of aliphatic hydroxyl groups is 9. The highest BCUT2D eigenvalue weighted by Gasteiger charge is 2.45. The van der Waals surface area contributed by atoms with Crippen LogP contribution in [0, 0.1) is 17.8 Å². The van der Waals surface area contributed by atoms with E-state index in [1.807, 2.05) is 0 Å². The summed E-state index contributed by atoms with van der Waals surface area (Å²) in [6.07, 6.45) is -3.73. The van der Waals surface area contributed by atoms with Gasteiger partial charge in [-0.2, -0.15) is 0 Å². The van der Waals surface area contributed by atoms with E-state index in [-0.39, 0.29) is 115 Å². The Morgan fingerprint density at radius 3 is 1.09 bits per heavy atom. The van der Waals surface area contributed by atoms with E-state index in [2.05, 4.69) is 36.0 Å². The molecule has 3 aliphatic heterocycles. The van der Waals surface area contributed by atoms with Crippen LogP contribution in [0.1, 0.15) is 146 Å². The van der Waals surface area contributed by atoms with Crippen molar-refractivity contribution in [3.63, 3.8) is 0 Å². The molecule has 32 nitrogen and oxygen atoms in total. The van der Waals surface area contributed by atoms with E-state index in [1.165, 1.54) is 0 Å². The summed E-state index contributed by atoms with van der Waals surface area (Å²) in [6.45, 7) is 4.60. The fourth-order valence-corrected chi connectivity index (χ4v) is 10.7. The van der Waals surface area contributed by atoms with Gasteiger partial charge in [0.2, 0.25) is 31.0 Å². The average Bonchev–Trinajstić information content (AvgIpc) is 0.857. The molecule has 0 spiro atoms. The van der Waals surface area contributed by atoms with Crippen molar-refractivity contribution in [2.45, 2.75) is 222 Å². The first-order valence-corrected chi connectivity index (χ1v) is 34.5. The molecule has 16 atom stereocenters. The maximum absolute atomic E-state index is 13.8. The third-order valence-electron chi connectivity index (χ3n) is 16.3. The van der Waals surface area contributed by atoms with Gasteiger partial charge in [-0.1, -0.05) is 59.3 Å². The van der Waals surface area contributed by atoms with Crippen molar-refractivity contribution in [1.29, 1.82) is 1.43 Å². The first-order valence-electron chi connectivity index (χ1n) is 34.4. The molecule has 0 aromatic heterocycles. The van der Waals surface area contributed by atoms with Crippen molar-refractivity contribution in [2.75, 3.05) is 112 Å². The minimum absolute atomic E-state index is 0.0520. The number of ether oxygens (including phenoxy) is 9. The standard InChI is InChI=1S/C60H112N5O27P.H2/c1-40-51(74)54(77)43(34-66)90-57(40)86-27-13-7-4-10-23-61-47(70)20-31-83-37-60(65-50(73)19-16-18-46(69)64-26-17-30-89-93(80,81)82,38-84-32-21-48(71)62-24-11-5-8-14-28-87-58-41(2)52(75)55(78)44(35-67)91-58)39-85-33-22-49(72)63-25-12-6-9-15-29-88-59-42(3)53(76)56(79)45(36-68)92-59;/h40-45,51-59,66-68,74-79H,4-39H2,1-3H3,(H,61,70)(H,62,71)(H,63,72)(H,64,69)(H,65,73)(H2,80,81,82);1H/t40?,41?,42?,43?,44?,45?,51-,52-,53-,54+,55+,56+,57-,58-,59-,60?;/m1./s1/i;1+2T/hT. The molecule has 3 saturated heterocycles. The van der Waals surface area contributed by atoms with Gasteiger partial charge in [0, 0.05) is 98.8 Å². The van der Waals surface area contributed by atoms with Crippen molar-refractivity contribution in [1.82, 2.24) is 26.6 Å². The van der Waals surface area contributed by atoms with Crippen LogP contribution in [0.3, 0.4) is 0 Å². The number of carbonyl (C=O) groups excluding carboxylic acids is 5. The molecule has 3 heterocycles. The Morgan fingerprint density at radius 2 is 0.753 bits per heavy atom. The number of carbonyl (C=O) groups is 5. The van der Waals surface area contributed by atoms with Gasteiger partial charge in [0.25, 0.3) is 0 Å². The third kappa shape index (κ3) is 34.2. The van der Waals surface area contributed by atoms with Gasteiger partial charge in [0.05, 0.1) is 84.4 Å². The van der Waals surface area contributed by atoms with Crippen molar-refractivity contribution in [3.8, 4) is 0 Å². The van der Waals surface area contributed by atoms with E-state index in [1.54, 1.807) is 20.8 Å². The summed E-state index contributed by atoms with van der Waals surface area (Å²) < 4.78 is 84.9. The lowest BCUT2D eigenvalue weighted by Gasteiger charge is -2.40. The highest BCUT2D eigenvalue weighted by molar-refractivity contribution is 7.46. The summed E-state index contributed by atoms with van der Waals surface area (Å²) in [5, 5.41) is 104. The Morgan fingerprint density at radius 1 is 0.441 bits per heavy atom. The Labute approximate surface area is 550 Å². The summed E-state index contributed by atoms with van der Waals surface area (Å²) in [6, 6.07) is 0. The van der Waals surface area contributed by atoms with Crippen LogP contribution in [-0.2, 0) is 75.7 Å². The zero-order valence-electron chi connectivity index (χ0n) is 57.5. The number of nitrogens with one attached hydrogen (secondary N) is 5. The normalized spacial score (nSPS) is 28.0. The van der Waals surface area contributed by atoms with Gasteiger partial charge in [0.15, 0.2) is 18.9 Å². The van der Waals surface area contributed by atoms with Crippen molar-refractivity contribution >= 4 is 37.4 Å². The minimum atomic E-state index is -4.50.